The minimum Gasteiger partial charge on any atom is -0.358 e. The third-order valence-corrected chi connectivity index (χ3v) is 5.86. The van der Waals surface area contributed by atoms with Crippen LogP contribution in [0.3, 0.4) is 0 Å². The van der Waals surface area contributed by atoms with Gasteiger partial charge in [0.1, 0.15) is 6.04 Å². The van der Waals surface area contributed by atoms with Gasteiger partial charge in [0.15, 0.2) is 0 Å². The lowest BCUT2D eigenvalue weighted by Crippen LogP contribution is -2.54. The van der Waals surface area contributed by atoms with Crippen molar-refractivity contribution < 1.29 is 9.59 Å². The predicted molar refractivity (Wildman–Crippen MR) is 110 cm³/mol. The van der Waals surface area contributed by atoms with Gasteiger partial charge in [-0.25, -0.2) is 0 Å². The Morgan fingerprint density at radius 3 is 2.74 bits per heavy atom. The van der Waals surface area contributed by atoms with E-state index in [0.29, 0.717) is 12.1 Å². The fourth-order valence-electron chi connectivity index (χ4n) is 4.14. The average molecular weight is 373 g/mol. The summed E-state index contributed by atoms with van der Waals surface area (Å²) < 4.78 is 0. The zero-order chi connectivity index (χ0) is 19.4. The van der Waals surface area contributed by atoms with Gasteiger partial charge in [0.25, 0.3) is 5.91 Å². The van der Waals surface area contributed by atoms with Gasteiger partial charge >= 0.3 is 0 Å². The number of anilines is 2. The molecule has 6 heteroatoms. The van der Waals surface area contributed by atoms with E-state index in [2.05, 4.69) is 29.0 Å². The van der Waals surface area contributed by atoms with E-state index in [9.17, 15) is 9.59 Å². The lowest BCUT2D eigenvalue weighted by molar-refractivity contribution is -0.120. The third kappa shape index (κ3) is 4.10. The van der Waals surface area contributed by atoms with Crippen molar-refractivity contribution in [3.8, 4) is 0 Å². The number of rotatable bonds is 7. The zero-order valence-corrected chi connectivity index (χ0v) is 16.8. The normalized spacial score (nSPS) is 19.1. The Hall–Kier alpha value is -2.08. The summed E-state index contributed by atoms with van der Waals surface area (Å²) in [4.78, 5) is 31.5. The second-order valence-electron chi connectivity index (χ2n) is 7.44. The van der Waals surface area contributed by atoms with Crippen molar-refractivity contribution >= 4 is 23.2 Å². The minimum absolute atomic E-state index is 0.0454. The number of hydrogen-bond acceptors (Lipinski definition) is 4. The Labute approximate surface area is 162 Å². The zero-order valence-electron chi connectivity index (χ0n) is 16.8. The Balaban J connectivity index is 1.66. The highest BCUT2D eigenvalue weighted by Gasteiger charge is 2.37. The molecular formula is C21H32N4O2. The van der Waals surface area contributed by atoms with Gasteiger partial charge in [0.05, 0.1) is 11.4 Å². The summed E-state index contributed by atoms with van der Waals surface area (Å²) in [6, 6.07) is 5.70. The summed E-state index contributed by atoms with van der Waals surface area (Å²) >= 11 is 0. The summed E-state index contributed by atoms with van der Waals surface area (Å²) in [7, 11) is 1.82. The van der Waals surface area contributed by atoms with Crippen molar-refractivity contribution in [2.75, 3.05) is 49.6 Å². The number of fused-ring (bicyclic) bond motifs is 3. The van der Waals surface area contributed by atoms with E-state index >= 15 is 0 Å². The van der Waals surface area contributed by atoms with E-state index < -0.39 is 0 Å². The standard InChI is InChI=1S/C21H32N4O2/c1-4-24(5-2)13-8-12-22-20(26)16-10-11-17-19(15-16)23(3)21(27)18-9-6-7-14-25(17)18/h10-11,15,18H,4-9,12-14H2,1-3H3,(H,22,26)/t18-/m0/s1. The van der Waals surface area contributed by atoms with Crippen LogP contribution in [0.1, 0.15) is 49.9 Å². The molecule has 6 nitrogen and oxygen atoms in total. The van der Waals surface area contributed by atoms with Crippen molar-refractivity contribution in [1.82, 2.24) is 10.2 Å². The van der Waals surface area contributed by atoms with E-state index in [4.69, 9.17) is 0 Å². The SMILES string of the molecule is CCN(CC)CCCNC(=O)c1ccc2c(c1)N(C)C(=O)[C@@H]1CCCCN21. The van der Waals surface area contributed by atoms with Crippen LogP contribution < -0.4 is 15.1 Å². The van der Waals surface area contributed by atoms with E-state index in [1.165, 1.54) is 0 Å². The van der Waals surface area contributed by atoms with Gasteiger partial charge in [-0.05, 0) is 63.5 Å². The van der Waals surface area contributed by atoms with Gasteiger partial charge in [0, 0.05) is 25.7 Å². The Kier molecular flexibility index (Phi) is 6.37. The van der Waals surface area contributed by atoms with Crippen LogP contribution >= 0.6 is 0 Å². The molecule has 1 aromatic carbocycles. The van der Waals surface area contributed by atoms with Crippen LogP contribution in [0.2, 0.25) is 0 Å². The van der Waals surface area contributed by atoms with E-state index in [1.54, 1.807) is 4.90 Å². The van der Waals surface area contributed by atoms with Crippen LogP contribution in [0.15, 0.2) is 18.2 Å². The van der Waals surface area contributed by atoms with Crippen molar-refractivity contribution in [3.05, 3.63) is 23.8 Å². The summed E-state index contributed by atoms with van der Waals surface area (Å²) in [5, 5.41) is 3.01. The van der Waals surface area contributed by atoms with Crippen molar-refractivity contribution in [3.63, 3.8) is 0 Å². The van der Waals surface area contributed by atoms with Crippen molar-refractivity contribution in [2.24, 2.45) is 0 Å². The van der Waals surface area contributed by atoms with Crippen molar-refractivity contribution in [2.45, 2.75) is 45.6 Å². The first-order chi connectivity index (χ1) is 13.1. The van der Waals surface area contributed by atoms with Gasteiger partial charge in [-0.2, -0.15) is 0 Å². The molecule has 2 amide bonds. The molecular weight excluding hydrogens is 340 g/mol. The molecule has 2 heterocycles. The first-order valence-corrected chi connectivity index (χ1v) is 10.3. The predicted octanol–water partition coefficient (Wildman–Crippen LogP) is 2.48. The molecule has 0 bridgehead atoms. The number of benzene rings is 1. The average Bonchev–Trinajstić information content (AvgIpc) is 2.71. The number of carbonyl (C=O) groups excluding carboxylic acids is 2. The number of nitrogens with one attached hydrogen (secondary N) is 1. The maximum absolute atomic E-state index is 12.7. The maximum atomic E-state index is 12.7. The highest BCUT2D eigenvalue weighted by Crippen LogP contribution is 2.39. The lowest BCUT2D eigenvalue weighted by Gasteiger charge is -2.44. The third-order valence-electron chi connectivity index (χ3n) is 5.86. The Morgan fingerprint density at radius 2 is 2.00 bits per heavy atom. The number of nitrogens with zero attached hydrogens (tertiary/aromatic N) is 3. The molecule has 148 valence electrons. The minimum atomic E-state index is -0.0704. The number of hydrogen-bond donors (Lipinski definition) is 1. The van der Waals surface area contributed by atoms with Gasteiger partial charge in [-0.15, -0.1) is 0 Å². The molecule has 0 unspecified atom stereocenters. The second-order valence-corrected chi connectivity index (χ2v) is 7.44. The molecule has 2 aliphatic rings. The molecule has 0 radical (unpaired) electrons. The summed E-state index contributed by atoms with van der Waals surface area (Å²) in [6.45, 7) is 8.94. The van der Waals surface area contributed by atoms with Crippen LogP contribution in [0.4, 0.5) is 11.4 Å². The summed E-state index contributed by atoms with van der Waals surface area (Å²) in [6.07, 6.45) is 4.06. The summed E-state index contributed by atoms with van der Waals surface area (Å²) in [5.74, 6) is 0.0675. The van der Waals surface area contributed by atoms with Crippen LogP contribution in [-0.4, -0.2) is 62.5 Å². The Morgan fingerprint density at radius 1 is 1.22 bits per heavy atom. The molecule has 1 aromatic rings. The molecule has 0 aliphatic carbocycles. The molecule has 0 spiro atoms. The molecule has 0 saturated carbocycles. The fourth-order valence-corrected chi connectivity index (χ4v) is 4.14. The molecule has 1 saturated heterocycles. The maximum Gasteiger partial charge on any atom is 0.251 e. The molecule has 2 aliphatic heterocycles. The van der Waals surface area contributed by atoms with Crippen LogP contribution in [0.5, 0.6) is 0 Å². The molecule has 1 N–H and O–H groups in total. The smallest absolute Gasteiger partial charge is 0.251 e. The topological polar surface area (TPSA) is 55.9 Å². The molecule has 1 atom stereocenters. The fraction of sp³-hybridized carbons (Fsp3) is 0.619. The van der Waals surface area contributed by atoms with Gasteiger partial charge in [-0.1, -0.05) is 13.8 Å². The number of likely N-dealkylation sites (N-methyl/N-ethyl adjacent to an activating group) is 1. The van der Waals surface area contributed by atoms with Crippen LogP contribution in [-0.2, 0) is 4.79 Å². The highest BCUT2D eigenvalue weighted by atomic mass is 16.2. The van der Waals surface area contributed by atoms with E-state index in [1.807, 2.05) is 25.2 Å². The summed E-state index contributed by atoms with van der Waals surface area (Å²) in [5.41, 5.74) is 2.53. The first-order valence-electron chi connectivity index (χ1n) is 10.3. The largest absolute Gasteiger partial charge is 0.358 e. The van der Waals surface area contributed by atoms with Crippen LogP contribution in [0.25, 0.3) is 0 Å². The molecule has 1 fully saturated rings. The molecule has 0 aromatic heterocycles. The molecule has 3 rings (SSSR count). The number of amides is 2. The van der Waals surface area contributed by atoms with Gasteiger partial charge < -0.3 is 20.0 Å². The van der Waals surface area contributed by atoms with Gasteiger partial charge in [-0.3, -0.25) is 9.59 Å². The first kappa shape index (κ1) is 19.7. The van der Waals surface area contributed by atoms with E-state index in [0.717, 1.165) is 63.2 Å². The van der Waals surface area contributed by atoms with E-state index in [-0.39, 0.29) is 17.9 Å². The highest BCUT2D eigenvalue weighted by molar-refractivity contribution is 6.07. The lowest BCUT2D eigenvalue weighted by atomic mass is 9.96. The second kappa shape index (κ2) is 8.74. The van der Waals surface area contributed by atoms with Gasteiger partial charge in [0.2, 0.25) is 5.91 Å². The van der Waals surface area contributed by atoms with Crippen molar-refractivity contribution in [1.29, 1.82) is 0 Å². The monoisotopic (exact) mass is 372 g/mol. The number of carbonyl (C=O) groups is 2. The number of piperidine rings is 1. The Bertz CT molecular complexity index is 687. The van der Waals surface area contributed by atoms with Crippen LogP contribution in [0, 0.1) is 0 Å². The molecule has 27 heavy (non-hydrogen) atoms. The quantitative estimate of drug-likeness (QED) is 0.747.